The quantitative estimate of drug-likeness (QED) is 0.480. The fraction of sp³-hybridized carbons (Fsp3) is 0.250. The number of amides is 2. The molecule has 0 aliphatic carbocycles. The first kappa shape index (κ1) is 23.2. The van der Waals surface area contributed by atoms with Crippen LogP contribution in [0.15, 0.2) is 60.8 Å². The molecule has 1 heterocycles. The van der Waals surface area contributed by atoms with Crippen molar-refractivity contribution in [3.8, 4) is 5.69 Å². The highest BCUT2D eigenvalue weighted by Gasteiger charge is 2.23. The number of benzene rings is 2. The van der Waals surface area contributed by atoms with Crippen LogP contribution in [0.25, 0.3) is 5.69 Å². The van der Waals surface area contributed by atoms with Crippen molar-refractivity contribution in [1.29, 1.82) is 0 Å². The minimum atomic E-state index is -0.376. The molecule has 2 aromatic carbocycles. The highest BCUT2D eigenvalue weighted by atomic mass is 35.5. The number of rotatable bonds is 9. The van der Waals surface area contributed by atoms with E-state index in [0.717, 1.165) is 0 Å². The second kappa shape index (κ2) is 10.7. The molecule has 1 aromatic heterocycles. The number of halogens is 1. The van der Waals surface area contributed by atoms with Crippen molar-refractivity contribution in [2.24, 2.45) is 0 Å². The van der Waals surface area contributed by atoms with Crippen LogP contribution in [-0.4, -0.2) is 45.4 Å². The maximum atomic E-state index is 13.0. The van der Waals surface area contributed by atoms with E-state index < -0.39 is 0 Å². The topological polar surface area (TPSA) is 84.3 Å². The molecule has 0 fully saturated rings. The second-order valence-corrected chi connectivity index (χ2v) is 7.55. The van der Waals surface area contributed by atoms with Gasteiger partial charge in [0.05, 0.1) is 11.9 Å². The smallest absolute Gasteiger partial charge is 0.259 e. The minimum Gasteiger partial charge on any atom is -0.339 e. The van der Waals surface area contributed by atoms with E-state index in [1.54, 1.807) is 29.2 Å². The molecule has 1 N–H and O–H groups in total. The lowest BCUT2D eigenvalue weighted by molar-refractivity contribution is -0.116. The molecule has 3 aromatic rings. The summed E-state index contributed by atoms with van der Waals surface area (Å²) < 4.78 is 1.52. The maximum absolute atomic E-state index is 13.0. The number of Topliss-reactive ketones (excluding diaryl/α,β-unsaturated/α-hetero) is 1. The van der Waals surface area contributed by atoms with E-state index in [1.807, 2.05) is 44.2 Å². The number of aromatic nitrogens is 2. The number of nitrogens with zero attached hydrogens (tertiary/aromatic N) is 3. The van der Waals surface area contributed by atoms with Crippen LogP contribution in [-0.2, 0) is 4.79 Å². The van der Waals surface area contributed by atoms with Gasteiger partial charge in [0.1, 0.15) is 11.4 Å². The van der Waals surface area contributed by atoms with Gasteiger partial charge < -0.3 is 10.2 Å². The average Bonchev–Trinajstić information content (AvgIpc) is 3.22. The van der Waals surface area contributed by atoms with E-state index in [9.17, 15) is 14.4 Å². The van der Waals surface area contributed by atoms with Gasteiger partial charge in [-0.3, -0.25) is 14.4 Å². The van der Waals surface area contributed by atoms with Crippen molar-refractivity contribution < 1.29 is 14.4 Å². The summed E-state index contributed by atoms with van der Waals surface area (Å²) in [6.07, 6.45) is 1.47. The number of nitrogens with one attached hydrogen (secondary N) is 1. The maximum Gasteiger partial charge on any atom is 0.259 e. The summed E-state index contributed by atoms with van der Waals surface area (Å²) in [5.41, 5.74) is 1.50. The number of hydrogen-bond donors (Lipinski definition) is 1. The van der Waals surface area contributed by atoms with Gasteiger partial charge in [-0.25, -0.2) is 4.68 Å². The SMILES string of the molecule is CCN(CC)C(=O)c1cnn(-c2ccccc2)c1NC(=O)CCC(=O)c1ccc(Cl)cc1. The molecule has 7 nitrogen and oxygen atoms in total. The van der Waals surface area contributed by atoms with E-state index in [4.69, 9.17) is 11.6 Å². The highest BCUT2D eigenvalue weighted by molar-refractivity contribution is 6.30. The van der Waals surface area contributed by atoms with Gasteiger partial charge in [-0.1, -0.05) is 29.8 Å². The molecule has 0 aliphatic rings. The first-order valence-corrected chi connectivity index (χ1v) is 10.8. The number of ketones is 1. The third-order valence-electron chi connectivity index (χ3n) is 5.05. The number of carbonyl (C=O) groups is 3. The summed E-state index contributed by atoms with van der Waals surface area (Å²) >= 11 is 5.86. The molecule has 2 amide bonds. The van der Waals surface area contributed by atoms with Crippen LogP contribution < -0.4 is 5.32 Å². The standard InChI is InChI=1S/C24H25ClN4O3/c1-3-28(4-2)24(32)20-16-26-29(19-8-6-5-7-9-19)23(20)27-22(31)15-14-21(30)17-10-12-18(25)13-11-17/h5-13,16H,3-4,14-15H2,1-2H3,(H,27,31). The highest BCUT2D eigenvalue weighted by Crippen LogP contribution is 2.22. The van der Waals surface area contributed by atoms with Gasteiger partial charge >= 0.3 is 0 Å². The summed E-state index contributed by atoms with van der Waals surface area (Å²) in [6, 6.07) is 15.8. The zero-order chi connectivity index (χ0) is 23.1. The Bertz CT molecular complexity index is 1090. The van der Waals surface area contributed by atoms with Crippen LogP contribution in [0.5, 0.6) is 0 Å². The molecule has 32 heavy (non-hydrogen) atoms. The monoisotopic (exact) mass is 452 g/mol. The second-order valence-electron chi connectivity index (χ2n) is 7.11. The largest absolute Gasteiger partial charge is 0.339 e. The first-order chi connectivity index (χ1) is 15.4. The fourth-order valence-electron chi connectivity index (χ4n) is 3.27. The molecule has 3 rings (SSSR count). The van der Waals surface area contributed by atoms with Gasteiger partial charge in [0.15, 0.2) is 5.78 Å². The van der Waals surface area contributed by atoms with Crippen LogP contribution in [0.3, 0.4) is 0 Å². The summed E-state index contributed by atoms with van der Waals surface area (Å²) in [7, 11) is 0. The van der Waals surface area contributed by atoms with Gasteiger partial charge in [0, 0.05) is 36.5 Å². The summed E-state index contributed by atoms with van der Waals surface area (Å²) in [5, 5.41) is 7.68. The third kappa shape index (κ3) is 5.42. The van der Waals surface area contributed by atoms with Crippen molar-refractivity contribution in [1.82, 2.24) is 14.7 Å². The van der Waals surface area contributed by atoms with Gasteiger partial charge in [0.25, 0.3) is 5.91 Å². The van der Waals surface area contributed by atoms with Crippen molar-refractivity contribution in [3.05, 3.63) is 76.9 Å². The van der Waals surface area contributed by atoms with Gasteiger partial charge in [-0.2, -0.15) is 5.10 Å². The molecule has 0 spiro atoms. The molecule has 8 heteroatoms. The van der Waals surface area contributed by atoms with E-state index in [-0.39, 0.29) is 36.3 Å². The Morgan fingerprint density at radius 2 is 1.62 bits per heavy atom. The van der Waals surface area contributed by atoms with Crippen LogP contribution in [0.2, 0.25) is 5.02 Å². The average molecular weight is 453 g/mol. The Kier molecular flexibility index (Phi) is 7.78. The number of anilines is 1. The Morgan fingerprint density at radius 3 is 2.25 bits per heavy atom. The van der Waals surface area contributed by atoms with Crippen LogP contribution >= 0.6 is 11.6 Å². The molecule has 0 saturated carbocycles. The van der Waals surface area contributed by atoms with Crippen LogP contribution in [0.4, 0.5) is 5.82 Å². The molecule has 0 bridgehead atoms. The summed E-state index contributed by atoms with van der Waals surface area (Å²) in [6.45, 7) is 4.86. The number of para-hydroxylation sites is 1. The molecule has 0 saturated heterocycles. The fourth-order valence-corrected chi connectivity index (χ4v) is 3.40. The minimum absolute atomic E-state index is 0.0275. The van der Waals surface area contributed by atoms with Crippen molar-refractivity contribution in [3.63, 3.8) is 0 Å². The summed E-state index contributed by atoms with van der Waals surface area (Å²) in [5.74, 6) is -0.465. The molecule has 0 unspecified atom stereocenters. The van der Waals surface area contributed by atoms with Gasteiger partial charge in [-0.05, 0) is 50.2 Å². The Morgan fingerprint density at radius 1 is 0.969 bits per heavy atom. The van der Waals surface area contributed by atoms with Gasteiger partial charge in [0.2, 0.25) is 5.91 Å². The summed E-state index contributed by atoms with van der Waals surface area (Å²) in [4.78, 5) is 39.8. The molecular formula is C24H25ClN4O3. The third-order valence-corrected chi connectivity index (χ3v) is 5.31. The lowest BCUT2D eigenvalue weighted by Crippen LogP contribution is -2.31. The first-order valence-electron chi connectivity index (χ1n) is 10.5. The normalized spacial score (nSPS) is 10.6. The zero-order valence-electron chi connectivity index (χ0n) is 18.0. The Hall–Kier alpha value is -3.45. The zero-order valence-corrected chi connectivity index (χ0v) is 18.8. The van der Waals surface area contributed by atoms with E-state index >= 15 is 0 Å². The molecule has 0 aliphatic heterocycles. The number of hydrogen-bond acceptors (Lipinski definition) is 4. The predicted molar refractivity (Wildman–Crippen MR) is 124 cm³/mol. The molecule has 0 atom stereocenters. The van der Waals surface area contributed by atoms with E-state index in [0.29, 0.717) is 34.9 Å². The van der Waals surface area contributed by atoms with E-state index in [1.165, 1.54) is 10.9 Å². The van der Waals surface area contributed by atoms with Crippen molar-refractivity contribution in [2.45, 2.75) is 26.7 Å². The predicted octanol–water partition coefficient (Wildman–Crippen LogP) is 4.61. The number of carbonyl (C=O) groups excluding carboxylic acids is 3. The Labute approximate surface area is 192 Å². The van der Waals surface area contributed by atoms with Crippen LogP contribution in [0.1, 0.15) is 47.4 Å². The van der Waals surface area contributed by atoms with Crippen LogP contribution in [0, 0.1) is 0 Å². The lowest BCUT2D eigenvalue weighted by Gasteiger charge is -2.19. The van der Waals surface area contributed by atoms with Gasteiger partial charge in [-0.15, -0.1) is 0 Å². The molecule has 166 valence electrons. The van der Waals surface area contributed by atoms with Crippen molar-refractivity contribution >= 4 is 35.0 Å². The molecule has 0 radical (unpaired) electrons. The van der Waals surface area contributed by atoms with E-state index in [2.05, 4.69) is 10.4 Å². The van der Waals surface area contributed by atoms with Crippen molar-refractivity contribution in [2.75, 3.05) is 18.4 Å². The lowest BCUT2D eigenvalue weighted by atomic mass is 10.1. The molecular weight excluding hydrogens is 428 g/mol. The Balaban J connectivity index is 1.80.